The molecule has 0 fully saturated rings. The zero-order valence-corrected chi connectivity index (χ0v) is 14.1. The fraction of sp³-hybridized carbons (Fsp3) is 0.533. The fourth-order valence-corrected chi connectivity index (χ4v) is 1.95. The van der Waals surface area contributed by atoms with Crippen LogP contribution in [0.4, 0.5) is 5.82 Å². The molecule has 0 radical (unpaired) electrons. The predicted octanol–water partition coefficient (Wildman–Crippen LogP) is 1.40. The highest BCUT2D eigenvalue weighted by Crippen LogP contribution is 2.12. The van der Waals surface area contributed by atoms with Crippen molar-refractivity contribution in [2.24, 2.45) is 5.92 Å². The molecule has 0 saturated heterocycles. The van der Waals surface area contributed by atoms with E-state index in [9.17, 15) is 4.79 Å². The molecular weight excluding hydrogens is 296 g/mol. The van der Waals surface area contributed by atoms with Gasteiger partial charge in [-0.25, -0.2) is 4.98 Å². The Hall–Kier alpha value is -2.51. The van der Waals surface area contributed by atoms with Crippen molar-refractivity contribution in [1.29, 1.82) is 0 Å². The minimum atomic E-state index is -0.188. The summed E-state index contributed by atoms with van der Waals surface area (Å²) in [4.78, 5) is 28.0. The Labute approximate surface area is 135 Å². The lowest BCUT2D eigenvalue weighted by molar-refractivity contribution is 0.0821. The van der Waals surface area contributed by atoms with E-state index < -0.39 is 0 Å². The zero-order chi connectivity index (χ0) is 17.0. The maximum atomic E-state index is 11.9. The molecule has 8 nitrogen and oxygen atoms in total. The number of aromatic nitrogens is 4. The number of hydrogen-bond acceptors (Lipinski definition) is 7. The van der Waals surface area contributed by atoms with Crippen molar-refractivity contribution in [1.82, 2.24) is 25.0 Å². The van der Waals surface area contributed by atoms with Gasteiger partial charge in [0.05, 0.1) is 18.9 Å². The average Bonchev–Trinajstić information content (AvgIpc) is 2.92. The summed E-state index contributed by atoms with van der Waals surface area (Å²) in [7, 11) is 5.19. The third kappa shape index (κ3) is 4.48. The van der Waals surface area contributed by atoms with Gasteiger partial charge in [0.1, 0.15) is 11.5 Å². The summed E-state index contributed by atoms with van der Waals surface area (Å²) in [6, 6.07) is 0. The van der Waals surface area contributed by atoms with Gasteiger partial charge in [-0.15, -0.1) is 0 Å². The van der Waals surface area contributed by atoms with E-state index in [-0.39, 0.29) is 5.91 Å². The predicted molar refractivity (Wildman–Crippen MR) is 85.0 cm³/mol. The summed E-state index contributed by atoms with van der Waals surface area (Å²) in [5.74, 6) is 2.06. The first-order valence-corrected chi connectivity index (χ1v) is 7.43. The molecule has 1 amide bonds. The molecule has 23 heavy (non-hydrogen) atoms. The van der Waals surface area contributed by atoms with Gasteiger partial charge in [-0.2, -0.15) is 4.98 Å². The lowest BCUT2D eigenvalue weighted by Gasteiger charge is -2.16. The van der Waals surface area contributed by atoms with Crippen LogP contribution < -0.4 is 4.90 Å². The molecule has 0 unspecified atom stereocenters. The minimum absolute atomic E-state index is 0.188. The number of amides is 1. The molecule has 0 saturated carbocycles. The second-order valence-corrected chi connectivity index (χ2v) is 6.02. The first-order valence-electron chi connectivity index (χ1n) is 7.43. The highest BCUT2D eigenvalue weighted by Gasteiger charge is 2.15. The van der Waals surface area contributed by atoms with Crippen molar-refractivity contribution in [3.8, 4) is 0 Å². The molecule has 2 aromatic heterocycles. The normalized spacial score (nSPS) is 10.9. The molecule has 0 aliphatic rings. The lowest BCUT2D eigenvalue weighted by Crippen LogP contribution is -2.25. The Kier molecular flexibility index (Phi) is 5.25. The maximum Gasteiger partial charge on any atom is 0.273 e. The van der Waals surface area contributed by atoms with Gasteiger partial charge in [-0.3, -0.25) is 9.78 Å². The van der Waals surface area contributed by atoms with Crippen LogP contribution in [-0.4, -0.2) is 52.1 Å². The van der Waals surface area contributed by atoms with Crippen LogP contribution in [0.25, 0.3) is 0 Å². The average molecular weight is 318 g/mol. The number of rotatable bonds is 6. The van der Waals surface area contributed by atoms with Crippen LogP contribution in [-0.2, 0) is 13.0 Å². The lowest BCUT2D eigenvalue weighted by atomic mass is 10.1. The molecule has 0 aliphatic heterocycles. The van der Waals surface area contributed by atoms with Crippen LogP contribution in [0.3, 0.4) is 0 Å². The van der Waals surface area contributed by atoms with Gasteiger partial charge in [0, 0.05) is 27.6 Å². The Bertz CT molecular complexity index is 667. The van der Waals surface area contributed by atoms with Crippen LogP contribution >= 0.6 is 0 Å². The molecule has 0 atom stereocenters. The van der Waals surface area contributed by atoms with Crippen molar-refractivity contribution in [3.05, 3.63) is 29.8 Å². The minimum Gasteiger partial charge on any atom is -0.351 e. The summed E-state index contributed by atoms with van der Waals surface area (Å²) >= 11 is 0. The van der Waals surface area contributed by atoms with Gasteiger partial charge in [0.2, 0.25) is 5.89 Å². The van der Waals surface area contributed by atoms with Gasteiger partial charge < -0.3 is 14.3 Å². The molecule has 124 valence electrons. The summed E-state index contributed by atoms with van der Waals surface area (Å²) in [6.07, 6.45) is 3.81. The monoisotopic (exact) mass is 318 g/mol. The van der Waals surface area contributed by atoms with Gasteiger partial charge in [0.15, 0.2) is 5.82 Å². The SMILES string of the molecule is CC(C)Cc1nc(CN(C)c2cncc(C(=O)N(C)C)n2)no1. The van der Waals surface area contributed by atoms with E-state index >= 15 is 0 Å². The van der Waals surface area contributed by atoms with E-state index in [0.717, 1.165) is 6.42 Å². The first-order chi connectivity index (χ1) is 10.9. The van der Waals surface area contributed by atoms with Crippen molar-refractivity contribution < 1.29 is 9.32 Å². The topological polar surface area (TPSA) is 88.3 Å². The second-order valence-electron chi connectivity index (χ2n) is 6.02. The number of carbonyl (C=O) groups excluding carboxylic acids is 1. The molecule has 2 heterocycles. The van der Waals surface area contributed by atoms with E-state index in [1.165, 1.54) is 11.1 Å². The number of anilines is 1. The molecule has 0 spiro atoms. The highest BCUT2D eigenvalue weighted by atomic mass is 16.5. The highest BCUT2D eigenvalue weighted by molar-refractivity contribution is 5.91. The van der Waals surface area contributed by atoms with E-state index in [0.29, 0.717) is 35.7 Å². The van der Waals surface area contributed by atoms with Crippen molar-refractivity contribution >= 4 is 11.7 Å². The molecule has 0 bridgehead atoms. The number of hydrogen-bond donors (Lipinski definition) is 0. The van der Waals surface area contributed by atoms with E-state index in [2.05, 4.69) is 34.0 Å². The van der Waals surface area contributed by atoms with Gasteiger partial charge >= 0.3 is 0 Å². The summed E-state index contributed by atoms with van der Waals surface area (Å²) < 4.78 is 5.22. The van der Waals surface area contributed by atoms with E-state index in [1.807, 2.05) is 11.9 Å². The van der Waals surface area contributed by atoms with Crippen LogP contribution in [0.1, 0.15) is 36.1 Å². The third-order valence-electron chi connectivity index (χ3n) is 3.11. The Balaban J connectivity index is 2.08. The molecule has 0 aromatic carbocycles. The van der Waals surface area contributed by atoms with Crippen molar-refractivity contribution in [2.45, 2.75) is 26.8 Å². The molecule has 2 rings (SSSR count). The van der Waals surface area contributed by atoms with Crippen molar-refractivity contribution in [3.63, 3.8) is 0 Å². The van der Waals surface area contributed by atoms with Crippen LogP contribution in [0.2, 0.25) is 0 Å². The molecule has 0 N–H and O–H groups in total. The molecule has 2 aromatic rings. The largest absolute Gasteiger partial charge is 0.351 e. The van der Waals surface area contributed by atoms with Gasteiger partial charge in [-0.05, 0) is 5.92 Å². The maximum absolute atomic E-state index is 11.9. The molecule has 8 heteroatoms. The smallest absolute Gasteiger partial charge is 0.273 e. The van der Waals surface area contributed by atoms with E-state index in [1.54, 1.807) is 20.3 Å². The zero-order valence-electron chi connectivity index (χ0n) is 14.1. The first kappa shape index (κ1) is 16.9. The summed E-state index contributed by atoms with van der Waals surface area (Å²) in [6.45, 7) is 4.62. The number of carbonyl (C=O) groups is 1. The Morgan fingerprint density at radius 1 is 1.22 bits per heavy atom. The molecule has 0 aliphatic carbocycles. The van der Waals surface area contributed by atoms with E-state index in [4.69, 9.17) is 4.52 Å². The standard InChI is InChI=1S/C15H22N6O2/c1-10(2)6-14-18-12(19-23-14)9-21(5)13-8-16-7-11(17-13)15(22)20(3)4/h7-8,10H,6,9H2,1-5H3. The summed E-state index contributed by atoms with van der Waals surface area (Å²) in [5, 5.41) is 3.97. The number of nitrogens with zero attached hydrogens (tertiary/aromatic N) is 6. The summed E-state index contributed by atoms with van der Waals surface area (Å²) in [5.41, 5.74) is 0.299. The molecular formula is C15H22N6O2. The van der Waals surface area contributed by atoms with Crippen LogP contribution in [0.5, 0.6) is 0 Å². The van der Waals surface area contributed by atoms with Crippen LogP contribution in [0.15, 0.2) is 16.9 Å². The quantitative estimate of drug-likeness (QED) is 0.795. The third-order valence-corrected chi connectivity index (χ3v) is 3.11. The van der Waals surface area contributed by atoms with Gasteiger partial charge in [0.25, 0.3) is 5.91 Å². The second kappa shape index (κ2) is 7.17. The Morgan fingerprint density at radius 3 is 2.61 bits per heavy atom. The van der Waals surface area contributed by atoms with Crippen molar-refractivity contribution in [2.75, 3.05) is 26.0 Å². The van der Waals surface area contributed by atoms with Gasteiger partial charge in [-0.1, -0.05) is 19.0 Å². The fourth-order valence-electron chi connectivity index (χ4n) is 1.95. The van der Waals surface area contributed by atoms with Crippen LogP contribution in [0, 0.1) is 5.92 Å². The Morgan fingerprint density at radius 2 is 1.96 bits per heavy atom.